The SMILES string of the molecule is O=C(c1ccc(C(F)(F)F)cc1)N1CCC(Nc2nc3ccccc3n2Cc2ccc(F)cc2)CC1. The summed E-state index contributed by atoms with van der Waals surface area (Å²) >= 11 is 0. The highest BCUT2D eigenvalue weighted by molar-refractivity contribution is 5.94. The molecule has 3 aromatic carbocycles. The number of imidazole rings is 1. The van der Waals surface area contributed by atoms with Gasteiger partial charge in [0.15, 0.2) is 0 Å². The lowest BCUT2D eigenvalue weighted by Crippen LogP contribution is -2.42. The van der Waals surface area contributed by atoms with Crippen LogP contribution >= 0.6 is 0 Å². The molecular formula is C27H24F4N4O. The van der Waals surface area contributed by atoms with E-state index in [4.69, 9.17) is 4.98 Å². The lowest BCUT2D eigenvalue weighted by Gasteiger charge is -2.32. The number of halogens is 4. The zero-order chi connectivity index (χ0) is 25.3. The minimum absolute atomic E-state index is 0.0745. The van der Waals surface area contributed by atoms with E-state index in [1.807, 2.05) is 24.3 Å². The Morgan fingerprint density at radius 1 is 0.944 bits per heavy atom. The van der Waals surface area contributed by atoms with E-state index in [9.17, 15) is 22.4 Å². The summed E-state index contributed by atoms with van der Waals surface area (Å²) in [4.78, 5) is 19.2. The molecule has 0 atom stereocenters. The third-order valence-corrected chi connectivity index (χ3v) is 6.48. The maximum absolute atomic E-state index is 13.4. The van der Waals surface area contributed by atoms with Crippen LogP contribution in [0.4, 0.5) is 23.5 Å². The van der Waals surface area contributed by atoms with Crippen LogP contribution in [0.1, 0.15) is 34.3 Å². The summed E-state index contributed by atoms with van der Waals surface area (Å²) in [5, 5.41) is 3.51. The average Bonchev–Trinajstić information content (AvgIpc) is 3.21. The van der Waals surface area contributed by atoms with Gasteiger partial charge in [0.05, 0.1) is 23.1 Å². The number of nitrogens with one attached hydrogen (secondary N) is 1. The number of likely N-dealkylation sites (tertiary alicyclic amines) is 1. The van der Waals surface area contributed by atoms with Crippen molar-refractivity contribution in [1.29, 1.82) is 0 Å². The van der Waals surface area contributed by atoms with Crippen LogP contribution in [0.2, 0.25) is 0 Å². The molecule has 36 heavy (non-hydrogen) atoms. The van der Waals surface area contributed by atoms with E-state index in [2.05, 4.69) is 9.88 Å². The number of aromatic nitrogens is 2. The lowest BCUT2D eigenvalue weighted by atomic mass is 10.0. The van der Waals surface area contributed by atoms with Crippen molar-refractivity contribution in [2.45, 2.75) is 31.6 Å². The number of benzene rings is 3. The first-order valence-electron chi connectivity index (χ1n) is 11.7. The van der Waals surface area contributed by atoms with Crippen LogP contribution in [-0.2, 0) is 12.7 Å². The molecule has 0 spiro atoms. The van der Waals surface area contributed by atoms with Crippen LogP contribution in [0.5, 0.6) is 0 Å². The summed E-state index contributed by atoms with van der Waals surface area (Å²) in [7, 11) is 0. The fourth-order valence-electron chi connectivity index (χ4n) is 4.51. The lowest BCUT2D eigenvalue weighted by molar-refractivity contribution is -0.137. The summed E-state index contributed by atoms with van der Waals surface area (Å²) < 4.78 is 53.8. The van der Waals surface area contributed by atoms with Gasteiger partial charge in [-0.2, -0.15) is 13.2 Å². The first kappa shape index (κ1) is 23.8. The molecule has 1 saturated heterocycles. The Bertz CT molecular complexity index is 1360. The summed E-state index contributed by atoms with van der Waals surface area (Å²) in [6.07, 6.45) is -3.09. The first-order chi connectivity index (χ1) is 17.3. The molecule has 4 aromatic rings. The predicted molar refractivity (Wildman–Crippen MR) is 129 cm³/mol. The maximum Gasteiger partial charge on any atom is 0.416 e. The third kappa shape index (κ3) is 5.05. The molecule has 0 radical (unpaired) electrons. The van der Waals surface area contributed by atoms with Crippen LogP contribution in [0.15, 0.2) is 72.8 Å². The molecular weight excluding hydrogens is 472 g/mol. The molecule has 1 aliphatic rings. The molecule has 1 amide bonds. The molecule has 9 heteroatoms. The van der Waals surface area contributed by atoms with Gasteiger partial charge in [0.1, 0.15) is 5.82 Å². The van der Waals surface area contributed by atoms with E-state index in [1.165, 1.54) is 24.3 Å². The fourth-order valence-corrected chi connectivity index (χ4v) is 4.51. The van der Waals surface area contributed by atoms with E-state index < -0.39 is 11.7 Å². The molecule has 1 fully saturated rings. The number of para-hydroxylation sites is 2. The van der Waals surface area contributed by atoms with Gasteiger partial charge in [0, 0.05) is 24.7 Å². The Hall–Kier alpha value is -3.88. The fraction of sp³-hybridized carbons (Fsp3) is 0.259. The Kier molecular flexibility index (Phi) is 6.38. The summed E-state index contributed by atoms with van der Waals surface area (Å²) in [5.74, 6) is 0.143. The number of carbonyl (C=O) groups excluding carboxylic acids is 1. The second-order valence-corrected chi connectivity index (χ2v) is 8.92. The van der Waals surface area contributed by atoms with Crippen molar-refractivity contribution in [1.82, 2.24) is 14.5 Å². The highest BCUT2D eigenvalue weighted by atomic mass is 19.4. The summed E-state index contributed by atoms with van der Waals surface area (Å²) in [6.45, 7) is 1.49. The molecule has 5 nitrogen and oxygen atoms in total. The average molecular weight is 497 g/mol. The van der Waals surface area contributed by atoms with Gasteiger partial charge in [-0.15, -0.1) is 0 Å². The monoisotopic (exact) mass is 496 g/mol. The molecule has 5 rings (SSSR count). The number of fused-ring (bicyclic) bond motifs is 1. The zero-order valence-electron chi connectivity index (χ0n) is 19.3. The minimum atomic E-state index is -4.43. The van der Waals surface area contributed by atoms with Gasteiger partial charge in [-0.05, 0) is 66.9 Å². The normalized spacial score (nSPS) is 14.8. The second-order valence-electron chi connectivity index (χ2n) is 8.92. The highest BCUT2D eigenvalue weighted by Crippen LogP contribution is 2.29. The molecule has 1 aliphatic heterocycles. The van der Waals surface area contributed by atoms with Gasteiger partial charge in [-0.25, -0.2) is 9.37 Å². The second kappa shape index (κ2) is 9.64. The number of anilines is 1. The number of alkyl halides is 3. The number of rotatable bonds is 5. The van der Waals surface area contributed by atoms with Crippen LogP contribution in [0.3, 0.4) is 0 Å². The van der Waals surface area contributed by atoms with Crippen molar-refractivity contribution in [2.75, 3.05) is 18.4 Å². The number of carbonyl (C=O) groups is 1. The van der Waals surface area contributed by atoms with Crippen molar-refractivity contribution in [3.05, 3.63) is 95.3 Å². The zero-order valence-corrected chi connectivity index (χ0v) is 19.3. The topological polar surface area (TPSA) is 50.2 Å². The van der Waals surface area contributed by atoms with Crippen LogP contribution < -0.4 is 5.32 Å². The van der Waals surface area contributed by atoms with Gasteiger partial charge in [0.25, 0.3) is 5.91 Å². The standard InChI is InChI=1S/C27H24F4N4O/c28-21-11-5-18(6-12-21)17-35-24-4-2-1-3-23(24)33-26(35)32-22-13-15-34(16-14-22)25(36)19-7-9-20(10-8-19)27(29,30)31/h1-12,22H,13-17H2,(H,32,33). The van der Waals surface area contributed by atoms with Crippen molar-refractivity contribution in [3.63, 3.8) is 0 Å². The molecule has 186 valence electrons. The predicted octanol–water partition coefficient (Wildman–Crippen LogP) is 5.96. The quantitative estimate of drug-likeness (QED) is 0.347. The Balaban J connectivity index is 1.27. The van der Waals surface area contributed by atoms with Crippen molar-refractivity contribution in [2.24, 2.45) is 0 Å². The smallest absolute Gasteiger partial charge is 0.353 e. The molecule has 0 aliphatic carbocycles. The molecule has 0 bridgehead atoms. The summed E-state index contributed by atoms with van der Waals surface area (Å²) in [6, 6.07) is 18.6. The van der Waals surface area contributed by atoms with Gasteiger partial charge in [-0.1, -0.05) is 24.3 Å². The van der Waals surface area contributed by atoms with Crippen molar-refractivity contribution < 1.29 is 22.4 Å². The van der Waals surface area contributed by atoms with Gasteiger partial charge < -0.3 is 14.8 Å². The number of hydrogen-bond acceptors (Lipinski definition) is 3. The van der Waals surface area contributed by atoms with E-state index in [0.29, 0.717) is 38.4 Å². The van der Waals surface area contributed by atoms with E-state index in [1.54, 1.807) is 17.0 Å². The van der Waals surface area contributed by atoms with E-state index in [-0.39, 0.29) is 23.3 Å². The van der Waals surface area contributed by atoms with E-state index >= 15 is 0 Å². The summed E-state index contributed by atoms with van der Waals surface area (Å²) in [5.41, 5.74) is 2.22. The molecule has 1 aromatic heterocycles. The number of amides is 1. The first-order valence-corrected chi connectivity index (χ1v) is 11.7. The van der Waals surface area contributed by atoms with Crippen molar-refractivity contribution in [3.8, 4) is 0 Å². The van der Waals surface area contributed by atoms with Crippen LogP contribution in [-0.4, -0.2) is 39.5 Å². The highest BCUT2D eigenvalue weighted by Gasteiger charge is 2.31. The molecule has 0 saturated carbocycles. The Morgan fingerprint density at radius 2 is 1.61 bits per heavy atom. The minimum Gasteiger partial charge on any atom is -0.353 e. The van der Waals surface area contributed by atoms with Gasteiger partial charge in [0.2, 0.25) is 5.95 Å². The molecule has 1 N–H and O–H groups in total. The Labute approximate surface area is 205 Å². The number of piperidine rings is 1. The van der Waals surface area contributed by atoms with Crippen LogP contribution in [0, 0.1) is 5.82 Å². The third-order valence-electron chi connectivity index (χ3n) is 6.48. The molecule has 0 unspecified atom stereocenters. The number of nitrogens with zero attached hydrogens (tertiary/aromatic N) is 3. The van der Waals surface area contributed by atoms with Gasteiger partial charge in [-0.3, -0.25) is 4.79 Å². The Morgan fingerprint density at radius 3 is 2.28 bits per heavy atom. The number of hydrogen-bond donors (Lipinski definition) is 1. The van der Waals surface area contributed by atoms with E-state index in [0.717, 1.165) is 28.7 Å². The van der Waals surface area contributed by atoms with Gasteiger partial charge >= 0.3 is 6.18 Å². The maximum atomic E-state index is 13.4. The molecule has 2 heterocycles. The van der Waals surface area contributed by atoms with Crippen LogP contribution in [0.25, 0.3) is 11.0 Å². The largest absolute Gasteiger partial charge is 0.416 e. The van der Waals surface area contributed by atoms with Crippen molar-refractivity contribution >= 4 is 22.9 Å².